The number of thiophene rings is 1. The SMILES string of the molecule is CCCCCCCCO[C-]=Nc1sc(CCCCCCCC)cc1[C-]=O.[Y]. The number of carbonyl (C=O) groups excluding carboxylic acids is 1. The molecule has 0 fully saturated rings. The Morgan fingerprint density at radius 1 is 0.926 bits per heavy atom. The van der Waals surface area contributed by atoms with E-state index in [0.29, 0.717) is 17.2 Å². The summed E-state index contributed by atoms with van der Waals surface area (Å²) in [6, 6.07) is 1.91. The van der Waals surface area contributed by atoms with E-state index in [4.69, 9.17) is 4.74 Å². The van der Waals surface area contributed by atoms with Crippen LogP contribution in [0.2, 0.25) is 0 Å². The molecule has 0 amide bonds. The molecule has 0 atom stereocenters. The monoisotopic (exact) mass is 466 g/mol. The van der Waals surface area contributed by atoms with Crippen LogP contribution in [0, 0.1) is 0 Å². The number of nitrogens with zero attached hydrogens (tertiary/aromatic N) is 1. The summed E-state index contributed by atoms with van der Waals surface area (Å²) < 4.78 is 5.35. The smallest absolute Gasteiger partial charge is 0.0655 e. The Morgan fingerprint density at radius 3 is 2.15 bits per heavy atom. The van der Waals surface area contributed by atoms with Gasteiger partial charge in [-0.25, -0.2) is 11.3 Å². The summed E-state index contributed by atoms with van der Waals surface area (Å²) >= 11 is 1.56. The Kier molecular flexibility index (Phi) is 19.2. The summed E-state index contributed by atoms with van der Waals surface area (Å²) in [7, 11) is 0. The average Bonchev–Trinajstić information content (AvgIpc) is 3.05. The minimum absolute atomic E-state index is 0. The van der Waals surface area contributed by atoms with Gasteiger partial charge in [0.05, 0.1) is 12.9 Å². The molecule has 1 rings (SSSR count). The van der Waals surface area contributed by atoms with E-state index in [1.807, 2.05) is 12.4 Å². The Hall–Kier alpha value is -0.0561. The third-order valence-corrected chi connectivity index (χ3v) is 5.55. The third-order valence-electron chi connectivity index (χ3n) is 4.46. The van der Waals surface area contributed by atoms with E-state index in [1.54, 1.807) is 11.3 Å². The van der Waals surface area contributed by atoms with Crippen molar-refractivity contribution in [3.8, 4) is 0 Å². The van der Waals surface area contributed by atoms with Crippen LogP contribution in [-0.4, -0.2) is 19.3 Å². The molecule has 1 aromatic heterocycles. The van der Waals surface area contributed by atoms with Gasteiger partial charge in [-0.15, -0.1) is 11.6 Å². The fraction of sp³-hybridized carbons (Fsp3) is 0.727. The van der Waals surface area contributed by atoms with Gasteiger partial charge in [0.2, 0.25) is 0 Å². The van der Waals surface area contributed by atoms with Crippen molar-refractivity contribution in [2.75, 3.05) is 6.61 Å². The quantitative estimate of drug-likeness (QED) is 0.107. The molecule has 5 heteroatoms. The molecule has 151 valence electrons. The first-order valence-corrected chi connectivity index (χ1v) is 11.2. The molecule has 0 bridgehead atoms. The number of unbranched alkanes of at least 4 members (excludes halogenated alkanes) is 10. The minimum Gasteiger partial charge on any atom is -0.573 e. The van der Waals surface area contributed by atoms with Gasteiger partial charge in [-0.05, 0) is 24.3 Å². The maximum absolute atomic E-state index is 11.1. The van der Waals surface area contributed by atoms with Gasteiger partial charge in [-0.1, -0.05) is 82.9 Å². The van der Waals surface area contributed by atoms with Crippen molar-refractivity contribution in [3.05, 3.63) is 16.5 Å². The Bertz CT molecular complexity index is 503. The summed E-state index contributed by atoms with van der Waals surface area (Å²) in [6.07, 6.45) is 20.7. The second-order valence-corrected chi connectivity index (χ2v) is 7.99. The van der Waals surface area contributed by atoms with Gasteiger partial charge < -0.3 is 14.5 Å². The van der Waals surface area contributed by atoms with Crippen LogP contribution in [0.25, 0.3) is 0 Å². The summed E-state index contributed by atoms with van der Waals surface area (Å²) in [5, 5.41) is 0.670. The minimum atomic E-state index is 0. The van der Waals surface area contributed by atoms with Crippen molar-refractivity contribution in [3.63, 3.8) is 0 Å². The van der Waals surface area contributed by atoms with Gasteiger partial charge in [-0.2, -0.15) is 0 Å². The fourth-order valence-corrected chi connectivity index (χ4v) is 3.83. The molecule has 0 aromatic carbocycles. The topological polar surface area (TPSA) is 38.7 Å². The fourth-order valence-electron chi connectivity index (χ4n) is 2.86. The number of aliphatic imine (C=N–C) groups is 1. The van der Waals surface area contributed by atoms with Crippen molar-refractivity contribution >= 4 is 29.0 Å². The normalized spacial score (nSPS) is 10.9. The van der Waals surface area contributed by atoms with Crippen LogP contribution in [0.15, 0.2) is 11.1 Å². The second kappa shape index (κ2) is 19.3. The van der Waals surface area contributed by atoms with Gasteiger partial charge in [0.15, 0.2) is 0 Å². The largest absolute Gasteiger partial charge is 0.573 e. The van der Waals surface area contributed by atoms with Crippen LogP contribution in [-0.2, 0) is 48.7 Å². The van der Waals surface area contributed by atoms with Gasteiger partial charge in [0.1, 0.15) is 0 Å². The molecule has 1 heterocycles. The van der Waals surface area contributed by atoms with Gasteiger partial charge in [-0.3, -0.25) is 0 Å². The molecule has 27 heavy (non-hydrogen) atoms. The van der Waals surface area contributed by atoms with Crippen molar-refractivity contribution < 1.29 is 42.2 Å². The predicted molar refractivity (Wildman–Crippen MR) is 113 cm³/mol. The number of ether oxygens (including phenoxy) is 1. The predicted octanol–water partition coefficient (Wildman–Crippen LogP) is 7.02. The van der Waals surface area contributed by atoms with Crippen molar-refractivity contribution in [1.82, 2.24) is 0 Å². The molecule has 0 aliphatic carbocycles. The molecule has 0 aliphatic rings. The standard InChI is InChI=1S/C22H35NO2S.Y/c1-3-5-7-9-11-13-15-21-17-20(18-24)22(26-21)23-19-25-16-14-12-10-8-6-4-2;/h17H,3-16H2,1-2H3;/q-2;. The zero-order chi connectivity index (χ0) is 18.9. The molecule has 0 aliphatic heterocycles. The van der Waals surface area contributed by atoms with Gasteiger partial charge in [0, 0.05) is 39.1 Å². The Labute approximate surface area is 195 Å². The molecule has 0 N–H and O–H groups in total. The van der Waals surface area contributed by atoms with Gasteiger partial charge in [0.25, 0.3) is 0 Å². The van der Waals surface area contributed by atoms with E-state index in [-0.39, 0.29) is 32.7 Å². The molecule has 0 spiro atoms. The molecule has 1 aromatic rings. The van der Waals surface area contributed by atoms with Crippen LogP contribution in [0.5, 0.6) is 0 Å². The maximum atomic E-state index is 11.1. The average molecular weight is 467 g/mol. The maximum Gasteiger partial charge on any atom is 0.0655 e. The van der Waals surface area contributed by atoms with Crippen LogP contribution < -0.4 is 0 Å². The zero-order valence-electron chi connectivity index (χ0n) is 17.2. The van der Waals surface area contributed by atoms with Crippen LogP contribution in [0.3, 0.4) is 0 Å². The first-order valence-electron chi connectivity index (χ1n) is 10.4. The van der Waals surface area contributed by atoms with Gasteiger partial charge >= 0.3 is 0 Å². The van der Waals surface area contributed by atoms with Crippen molar-refractivity contribution in [1.29, 1.82) is 0 Å². The van der Waals surface area contributed by atoms with E-state index in [2.05, 4.69) is 25.2 Å². The van der Waals surface area contributed by atoms with E-state index in [1.165, 1.54) is 75.5 Å². The molecule has 3 nitrogen and oxygen atoms in total. The van der Waals surface area contributed by atoms with Crippen molar-refractivity contribution in [2.24, 2.45) is 4.99 Å². The van der Waals surface area contributed by atoms with E-state index >= 15 is 0 Å². The van der Waals surface area contributed by atoms with Crippen LogP contribution >= 0.6 is 11.3 Å². The number of aryl methyl sites for hydroxylation is 1. The first-order chi connectivity index (χ1) is 12.8. The van der Waals surface area contributed by atoms with E-state index in [9.17, 15) is 4.79 Å². The first kappa shape index (κ1) is 26.9. The van der Waals surface area contributed by atoms with E-state index in [0.717, 1.165) is 12.8 Å². The summed E-state index contributed by atoms with van der Waals surface area (Å²) in [4.78, 5) is 16.5. The molecule has 0 saturated heterocycles. The van der Waals surface area contributed by atoms with Crippen LogP contribution in [0.1, 0.15) is 101 Å². The number of hydrogen-bond acceptors (Lipinski definition) is 4. The Morgan fingerprint density at radius 2 is 1.52 bits per heavy atom. The molecular weight excluding hydrogens is 431 g/mol. The van der Waals surface area contributed by atoms with Crippen molar-refractivity contribution in [2.45, 2.75) is 97.3 Å². The summed E-state index contributed by atoms with van der Waals surface area (Å²) in [5.74, 6) is 0. The third kappa shape index (κ3) is 13.7. The van der Waals surface area contributed by atoms with Crippen LogP contribution in [0.4, 0.5) is 5.00 Å². The molecule has 0 saturated carbocycles. The second-order valence-electron chi connectivity index (χ2n) is 6.87. The molecule has 0 unspecified atom stereocenters. The summed E-state index contributed by atoms with van der Waals surface area (Å²) in [5.41, 5.74) is 0.534. The Balaban J connectivity index is 0.00000676. The molecule has 1 radical (unpaired) electrons. The van der Waals surface area contributed by atoms with E-state index < -0.39 is 0 Å². The molecular formula is C22H35NO2SY-2. The summed E-state index contributed by atoms with van der Waals surface area (Å²) in [6.45, 7) is 5.11. The number of rotatable bonds is 17. The number of hydrogen-bond donors (Lipinski definition) is 0. The zero-order valence-corrected chi connectivity index (χ0v) is 20.9.